The first-order chi connectivity index (χ1) is 20.3. The number of fused-ring (bicyclic) bond motifs is 10. The molecule has 2 aromatic heterocycles. The van der Waals surface area contributed by atoms with Gasteiger partial charge in [-0.3, -0.25) is 0 Å². The lowest BCUT2D eigenvalue weighted by Gasteiger charge is -2.27. The molecule has 2 nitrogen and oxygen atoms in total. The Bertz CT molecular complexity index is 2430. The van der Waals surface area contributed by atoms with Gasteiger partial charge >= 0.3 is 0 Å². The van der Waals surface area contributed by atoms with Crippen LogP contribution in [0.1, 0.15) is 0 Å². The molecule has 2 heterocycles. The molecule has 0 aliphatic heterocycles. The van der Waals surface area contributed by atoms with Gasteiger partial charge in [0.1, 0.15) is 5.58 Å². The predicted octanol–water partition coefficient (Wildman–Crippen LogP) is 11.7. The van der Waals surface area contributed by atoms with Gasteiger partial charge in [-0.05, 0) is 46.5 Å². The Hall–Kier alpha value is -5.12. The summed E-state index contributed by atoms with van der Waals surface area (Å²) in [5, 5.41) is 9.96. The second-order valence-corrected chi connectivity index (χ2v) is 11.6. The number of benzene rings is 7. The normalized spacial score (nSPS) is 11.9. The van der Waals surface area contributed by atoms with Gasteiger partial charge in [0.15, 0.2) is 5.58 Å². The Morgan fingerprint density at radius 2 is 1.20 bits per heavy atom. The van der Waals surface area contributed by atoms with Crippen LogP contribution in [0.5, 0.6) is 0 Å². The fourth-order valence-corrected chi connectivity index (χ4v) is 7.72. The minimum absolute atomic E-state index is 0.893. The average molecular weight is 542 g/mol. The summed E-state index contributed by atoms with van der Waals surface area (Å²) in [6, 6.07) is 49.9. The van der Waals surface area contributed by atoms with E-state index in [4.69, 9.17) is 4.42 Å². The van der Waals surface area contributed by atoms with Crippen LogP contribution in [0.15, 0.2) is 144 Å². The lowest BCUT2D eigenvalue weighted by Crippen LogP contribution is -2.10. The first-order valence-electron chi connectivity index (χ1n) is 13.9. The van der Waals surface area contributed by atoms with Gasteiger partial charge in [-0.2, -0.15) is 0 Å². The number of hydrogen-bond acceptors (Lipinski definition) is 3. The Morgan fingerprint density at radius 1 is 0.488 bits per heavy atom. The molecule has 0 amide bonds. The van der Waals surface area contributed by atoms with E-state index in [1.54, 1.807) is 0 Å². The van der Waals surface area contributed by atoms with Crippen LogP contribution in [0.4, 0.5) is 17.1 Å². The van der Waals surface area contributed by atoms with Gasteiger partial charge in [-0.15, -0.1) is 11.3 Å². The van der Waals surface area contributed by atoms with Gasteiger partial charge in [0.05, 0.1) is 11.4 Å². The van der Waals surface area contributed by atoms with E-state index in [9.17, 15) is 0 Å². The first-order valence-corrected chi connectivity index (χ1v) is 14.7. The molecular formula is C38H23NOS. The molecule has 0 fully saturated rings. The summed E-state index contributed by atoms with van der Waals surface area (Å²) >= 11 is 1.89. The summed E-state index contributed by atoms with van der Waals surface area (Å²) in [5.41, 5.74) is 5.06. The van der Waals surface area contributed by atoms with E-state index in [-0.39, 0.29) is 0 Å². The SMILES string of the molecule is c1ccc(N(c2cc3sc4c5ccccc5ccc4c3c3ccccc23)c2cccc3c2oc2ccccc23)cc1. The number of thiophene rings is 1. The zero-order valence-corrected chi connectivity index (χ0v) is 22.9. The zero-order valence-electron chi connectivity index (χ0n) is 22.0. The molecule has 0 bridgehead atoms. The molecule has 0 atom stereocenters. The summed E-state index contributed by atoms with van der Waals surface area (Å²) < 4.78 is 9.18. The second-order valence-electron chi connectivity index (χ2n) is 10.5. The molecule has 0 saturated heterocycles. The summed E-state index contributed by atoms with van der Waals surface area (Å²) in [7, 11) is 0. The van der Waals surface area contributed by atoms with Crippen LogP contribution in [-0.4, -0.2) is 0 Å². The number of anilines is 3. The molecule has 0 unspecified atom stereocenters. The van der Waals surface area contributed by atoms with Gasteiger partial charge in [0.25, 0.3) is 0 Å². The predicted molar refractivity (Wildman–Crippen MR) is 176 cm³/mol. The Balaban J connectivity index is 1.42. The molecule has 3 heteroatoms. The number of para-hydroxylation sites is 3. The third-order valence-electron chi connectivity index (χ3n) is 8.23. The molecule has 7 aromatic carbocycles. The van der Waals surface area contributed by atoms with Crippen LogP contribution < -0.4 is 4.90 Å². The maximum atomic E-state index is 6.56. The van der Waals surface area contributed by atoms with E-state index in [0.29, 0.717) is 0 Å². The van der Waals surface area contributed by atoms with Crippen molar-refractivity contribution in [2.24, 2.45) is 0 Å². The standard InChI is InChI=1S/C38H23NOS/c1-2-12-25(13-3-1)39(32-19-10-18-30-28-16-8-9-20-34(28)40-37(30)32)33-23-35-36(29-17-7-6-15-27(29)33)31-22-21-24-11-4-5-14-26(24)38(31)41-35/h1-23H. The molecule has 192 valence electrons. The van der Waals surface area contributed by atoms with Crippen molar-refractivity contribution in [1.29, 1.82) is 0 Å². The molecule has 9 rings (SSSR count). The van der Waals surface area contributed by atoms with Crippen LogP contribution in [0.25, 0.3) is 63.7 Å². The molecule has 0 aliphatic rings. The lowest BCUT2D eigenvalue weighted by molar-refractivity contribution is 0.669. The second kappa shape index (κ2) is 8.69. The highest BCUT2D eigenvalue weighted by atomic mass is 32.1. The summed E-state index contributed by atoms with van der Waals surface area (Å²) in [6.45, 7) is 0. The lowest BCUT2D eigenvalue weighted by atomic mass is 9.99. The molecule has 41 heavy (non-hydrogen) atoms. The van der Waals surface area contributed by atoms with E-state index in [2.05, 4.69) is 138 Å². The van der Waals surface area contributed by atoms with Gasteiger partial charge < -0.3 is 9.32 Å². The topological polar surface area (TPSA) is 16.4 Å². The van der Waals surface area contributed by atoms with Crippen molar-refractivity contribution in [3.8, 4) is 0 Å². The molecule has 0 spiro atoms. The monoisotopic (exact) mass is 541 g/mol. The van der Waals surface area contributed by atoms with Gasteiger partial charge in [0, 0.05) is 42.0 Å². The summed E-state index contributed by atoms with van der Waals surface area (Å²) in [6.07, 6.45) is 0. The van der Waals surface area contributed by atoms with Crippen molar-refractivity contribution in [1.82, 2.24) is 0 Å². The maximum Gasteiger partial charge on any atom is 0.159 e. The minimum Gasteiger partial charge on any atom is -0.454 e. The Labute approximate surface area is 240 Å². The van der Waals surface area contributed by atoms with Crippen molar-refractivity contribution in [3.05, 3.63) is 140 Å². The van der Waals surface area contributed by atoms with E-state index < -0.39 is 0 Å². The zero-order chi connectivity index (χ0) is 26.9. The third kappa shape index (κ3) is 3.30. The van der Waals surface area contributed by atoms with Crippen molar-refractivity contribution in [3.63, 3.8) is 0 Å². The average Bonchev–Trinajstić information content (AvgIpc) is 3.61. The third-order valence-corrected chi connectivity index (χ3v) is 9.41. The highest BCUT2D eigenvalue weighted by molar-refractivity contribution is 7.27. The summed E-state index contributed by atoms with van der Waals surface area (Å²) in [5.74, 6) is 0. The first kappa shape index (κ1) is 22.7. The van der Waals surface area contributed by atoms with Crippen molar-refractivity contribution in [2.75, 3.05) is 4.90 Å². The molecular weight excluding hydrogens is 518 g/mol. The Morgan fingerprint density at radius 3 is 2.07 bits per heavy atom. The van der Waals surface area contributed by atoms with E-state index >= 15 is 0 Å². The quantitative estimate of drug-likeness (QED) is 0.221. The molecule has 0 aliphatic carbocycles. The van der Waals surface area contributed by atoms with Crippen molar-refractivity contribution < 1.29 is 4.42 Å². The Kier molecular flexibility index (Phi) is 4.80. The number of rotatable bonds is 3. The molecule has 0 N–H and O–H groups in total. The molecule has 9 aromatic rings. The van der Waals surface area contributed by atoms with Crippen LogP contribution in [0.2, 0.25) is 0 Å². The maximum absolute atomic E-state index is 6.56. The van der Waals surface area contributed by atoms with Crippen LogP contribution in [0, 0.1) is 0 Å². The number of furan rings is 1. The van der Waals surface area contributed by atoms with Crippen LogP contribution >= 0.6 is 11.3 Å². The van der Waals surface area contributed by atoms with Crippen molar-refractivity contribution >= 4 is 92.1 Å². The fourth-order valence-electron chi connectivity index (χ4n) is 6.43. The van der Waals surface area contributed by atoms with E-state index in [1.807, 2.05) is 17.4 Å². The molecule has 0 radical (unpaired) electrons. The smallest absolute Gasteiger partial charge is 0.159 e. The van der Waals surface area contributed by atoms with E-state index in [1.165, 1.54) is 41.7 Å². The number of hydrogen-bond donors (Lipinski definition) is 0. The van der Waals surface area contributed by atoms with E-state index in [0.717, 1.165) is 39.0 Å². The minimum atomic E-state index is 0.893. The fraction of sp³-hybridized carbons (Fsp3) is 0. The largest absolute Gasteiger partial charge is 0.454 e. The molecule has 0 saturated carbocycles. The highest BCUT2D eigenvalue weighted by Crippen LogP contribution is 2.49. The number of nitrogens with zero attached hydrogens (tertiary/aromatic N) is 1. The van der Waals surface area contributed by atoms with Gasteiger partial charge in [-0.1, -0.05) is 109 Å². The van der Waals surface area contributed by atoms with Crippen LogP contribution in [-0.2, 0) is 0 Å². The van der Waals surface area contributed by atoms with Crippen LogP contribution in [0.3, 0.4) is 0 Å². The highest BCUT2D eigenvalue weighted by Gasteiger charge is 2.23. The summed E-state index contributed by atoms with van der Waals surface area (Å²) in [4.78, 5) is 2.37. The van der Waals surface area contributed by atoms with Gasteiger partial charge in [0.2, 0.25) is 0 Å². The van der Waals surface area contributed by atoms with Gasteiger partial charge in [-0.25, -0.2) is 0 Å². The van der Waals surface area contributed by atoms with Crippen molar-refractivity contribution in [2.45, 2.75) is 0 Å².